The van der Waals surface area contributed by atoms with Crippen LogP contribution in [0.2, 0.25) is 0 Å². The number of anilines is 2. The van der Waals surface area contributed by atoms with E-state index in [2.05, 4.69) is 30.3 Å². The summed E-state index contributed by atoms with van der Waals surface area (Å²) in [5, 5.41) is 11.5. The van der Waals surface area contributed by atoms with Gasteiger partial charge in [0.2, 0.25) is 5.95 Å². The molecule has 1 aromatic heterocycles. The summed E-state index contributed by atoms with van der Waals surface area (Å²) in [6, 6.07) is 0. The molecule has 21 heavy (non-hydrogen) atoms. The predicted molar refractivity (Wildman–Crippen MR) is 78.6 cm³/mol. The molecule has 2 saturated heterocycles. The van der Waals surface area contributed by atoms with E-state index in [1.54, 1.807) is 6.20 Å². The van der Waals surface area contributed by atoms with Crippen LogP contribution in [-0.4, -0.2) is 85.8 Å². The Morgan fingerprint density at radius 2 is 1.76 bits per heavy atom. The fourth-order valence-electron chi connectivity index (χ4n) is 2.44. The van der Waals surface area contributed by atoms with E-state index in [4.69, 9.17) is 9.47 Å². The van der Waals surface area contributed by atoms with Gasteiger partial charge in [-0.05, 0) is 0 Å². The molecule has 116 valence electrons. The second-order valence-corrected chi connectivity index (χ2v) is 5.12. The van der Waals surface area contributed by atoms with E-state index in [-0.39, 0.29) is 0 Å². The summed E-state index contributed by atoms with van der Waals surface area (Å²) in [6.07, 6.45) is 1.67. The minimum Gasteiger partial charge on any atom is -0.379 e. The summed E-state index contributed by atoms with van der Waals surface area (Å²) in [5.74, 6) is 1.45. The van der Waals surface area contributed by atoms with Crippen molar-refractivity contribution in [1.82, 2.24) is 20.1 Å². The van der Waals surface area contributed by atoms with Gasteiger partial charge in [-0.3, -0.25) is 4.90 Å². The van der Waals surface area contributed by atoms with Gasteiger partial charge in [-0.2, -0.15) is 10.1 Å². The number of rotatable bonds is 5. The second-order valence-electron chi connectivity index (χ2n) is 5.12. The van der Waals surface area contributed by atoms with Gasteiger partial charge in [0.05, 0.1) is 32.6 Å². The molecular formula is C13H22N6O2. The first kappa shape index (κ1) is 14.4. The van der Waals surface area contributed by atoms with Crippen molar-refractivity contribution in [3.63, 3.8) is 0 Å². The molecular weight excluding hydrogens is 272 g/mol. The summed E-state index contributed by atoms with van der Waals surface area (Å²) in [7, 11) is 0. The van der Waals surface area contributed by atoms with Gasteiger partial charge < -0.3 is 19.7 Å². The SMILES string of the molecule is c1nnc(N2CCOCC2)nc1NCCN1CCOCC1. The Kier molecular flexibility index (Phi) is 5.14. The molecule has 0 radical (unpaired) electrons. The van der Waals surface area contributed by atoms with Crippen LogP contribution in [0, 0.1) is 0 Å². The van der Waals surface area contributed by atoms with Crippen LogP contribution in [0.5, 0.6) is 0 Å². The molecule has 2 aliphatic heterocycles. The van der Waals surface area contributed by atoms with Gasteiger partial charge in [-0.25, -0.2) is 0 Å². The maximum absolute atomic E-state index is 5.34. The lowest BCUT2D eigenvalue weighted by atomic mass is 10.4. The Morgan fingerprint density at radius 3 is 2.52 bits per heavy atom. The minimum absolute atomic E-state index is 0.676. The van der Waals surface area contributed by atoms with Crippen LogP contribution in [0.4, 0.5) is 11.8 Å². The van der Waals surface area contributed by atoms with Gasteiger partial charge in [0, 0.05) is 39.3 Å². The minimum atomic E-state index is 0.676. The fourth-order valence-corrected chi connectivity index (χ4v) is 2.44. The van der Waals surface area contributed by atoms with Crippen molar-refractivity contribution in [2.45, 2.75) is 0 Å². The molecule has 8 nitrogen and oxygen atoms in total. The molecule has 0 spiro atoms. The highest BCUT2D eigenvalue weighted by atomic mass is 16.5. The molecule has 3 heterocycles. The lowest BCUT2D eigenvalue weighted by molar-refractivity contribution is 0.0398. The van der Waals surface area contributed by atoms with E-state index in [1.807, 2.05) is 0 Å². The highest BCUT2D eigenvalue weighted by Crippen LogP contribution is 2.10. The van der Waals surface area contributed by atoms with Gasteiger partial charge in [0.1, 0.15) is 0 Å². The Labute approximate surface area is 124 Å². The van der Waals surface area contributed by atoms with E-state index >= 15 is 0 Å². The van der Waals surface area contributed by atoms with Crippen LogP contribution < -0.4 is 10.2 Å². The molecule has 2 fully saturated rings. The molecule has 3 rings (SSSR count). The third-order valence-corrected chi connectivity index (χ3v) is 3.68. The van der Waals surface area contributed by atoms with Crippen molar-refractivity contribution in [3.8, 4) is 0 Å². The maximum Gasteiger partial charge on any atom is 0.247 e. The number of aromatic nitrogens is 3. The maximum atomic E-state index is 5.34. The van der Waals surface area contributed by atoms with Crippen LogP contribution in [0.1, 0.15) is 0 Å². The van der Waals surface area contributed by atoms with Crippen molar-refractivity contribution in [2.75, 3.05) is 75.9 Å². The van der Waals surface area contributed by atoms with Crippen LogP contribution >= 0.6 is 0 Å². The van der Waals surface area contributed by atoms with E-state index in [0.717, 1.165) is 71.5 Å². The first-order valence-electron chi connectivity index (χ1n) is 7.48. The Bertz CT molecular complexity index is 434. The van der Waals surface area contributed by atoms with Crippen LogP contribution in [0.15, 0.2) is 6.20 Å². The van der Waals surface area contributed by atoms with Crippen molar-refractivity contribution < 1.29 is 9.47 Å². The molecule has 0 amide bonds. The van der Waals surface area contributed by atoms with Gasteiger partial charge in [-0.1, -0.05) is 0 Å². The Hall–Kier alpha value is -1.51. The number of nitrogens with one attached hydrogen (secondary N) is 1. The summed E-state index contributed by atoms with van der Waals surface area (Å²) in [6.45, 7) is 8.58. The zero-order valence-electron chi connectivity index (χ0n) is 12.2. The largest absolute Gasteiger partial charge is 0.379 e. The zero-order valence-corrected chi connectivity index (χ0v) is 12.2. The topological polar surface area (TPSA) is 75.6 Å². The molecule has 2 aliphatic rings. The van der Waals surface area contributed by atoms with E-state index in [9.17, 15) is 0 Å². The number of ether oxygens (including phenoxy) is 2. The molecule has 0 bridgehead atoms. The second kappa shape index (κ2) is 7.48. The lowest BCUT2D eigenvalue weighted by Crippen LogP contribution is -2.39. The number of morpholine rings is 2. The van der Waals surface area contributed by atoms with Gasteiger partial charge in [-0.15, -0.1) is 5.10 Å². The third-order valence-electron chi connectivity index (χ3n) is 3.68. The number of hydrogen-bond acceptors (Lipinski definition) is 8. The molecule has 0 unspecified atom stereocenters. The normalized spacial score (nSPS) is 20.5. The Morgan fingerprint density at radius 1 is 1.05 bits per heavy atom. The van der Waals surface area contributed by atoms with E-state index < -0.39 is 0 Å². The number of nitrogens with zero attached hydrogens (tertiary/aromatic N) is 5. The van der Waals surface area contributed by atoms with Crippen molar-refractivity contribution >= 4 is 11.8 Å². The van der Waals surface area contributed by atoms with Crippen molar-refractivity contribution in [3.05, 3.63) is 6.20 Å². The molecule has 8 heteroatoms. The smallest absolute Gasteiger partial charge is 0.247 e. The average molecular weight is 294 g/mol. The standard InChI is InChI=1S/C13H22N6O2/c1(2-18-3-7-20-8-4-18)14-12-11-15-17-13(16-12)19-5-9-21-10-6-19/h11H,1-10H2,(H,14,16,17). The van der Waals surface area contributed by atoms with E-state index in [1.165, 1.54) is 0 Å². The van der Waals surface area contributed by atoms with Crippen LogP contribution in [0.3, 0.4) is 0 Å². The van der Waals surface area contributed by atoms with Crippen molar-refractivity contribution in [1.29, 1.82) is 0 Å². The van der Waals surface area contributed by atoms with E-state index in [0.29, 0.717) is 5.95 Å². The molecule has 0 aliphatic carbocycles. The molecule has 0 atom stereocenters. The molecule has 0 saturated carbocycles. The van der Waals surface area contributed by atoms with Crippen molar-refractivity contribution in [2.24, 2.45) is 0 Å². The monoisotopic (exact) mass is 294 g/mol. The molecule has 1 aromatic rings. The third kappa shape index (κ3) is 4.23. The quantitative estimate of drug-likeness (QED) is 0.775. The van der Waals surface area contributed by atoms with Crippen LogP contribution in [0.25, 0.3) is 0 Å². The molecule has 0 aromatic carbocycles. The lowest BCUT2D eigenvalue weighted by Gasteiger charge is -2.27. The summed E-state index contributed by atoms with van der Waals surface area (Å²) < 4.78 is 10.7. The highest BCUT2D eigenvalue weighted by molar-refractivity contribution is 5.39. The fraction of sp³-hybridized carbons (Fsp3) is 0.769. The first-order chi connectivity index (χ1) is 10.4. The van der Waals surface area contributed by atoms with Crippen LogP contribution in [-0.2, 0) is 9.47 Å². The zero-order chi connectivity index (χ0) is 14.3. The summed E-state index contributed by atoms with van der Waals surface area (Å²) >= 11 is 0. The Balaban J connectivity index is 1.48. The summed E-state index contributed by atoms with van der Waals surface area (Å²) in [5.41, 5.74) is 0. The molecule has 1 N–H and O–H groups in total. The van der Waals surface area contributed by atoms with Gasteiger partial charge >= 0.3 is 0 Å². The van der Waals surface area contributed by atoms with Gasteiger partial charge in [0.25, 0.3) is 0 Å². The first-order valence-corrected chi connectivity index (χ1v) is 7.48. The highest BCUT2D eigenvalue weighted by Gasteiger charge is 2.15. The summed E-state index contributed by atoms with van der Waals surface area (Å²) in [4.78, 5) is 9.01. The number of hydrogen-bond donors (Lipinski definition) is 1. The predicted octanol–water partition coefficient (Wildman–Crippen LogP) is -0.548. The van der Waals surface area contributed by atoms with Gasteiger partial charge in [0.15, 0.2) is 5.82 Å². The average Bonchev–Trinajstić information content (AvgIpc) is 2.57.